The Kier molecular flexibility index (Phi) is 7.73. The third kappa shape index (κ3) is 5.94. The number of carbonyl (C=O) groups is 1. The van der Waals surface area contributed by atoms with Crippen molar-refractivity contribution in [1.29, 1.82) is 0 Å². The van der Waals surface area contributed by atoms with Gasteiger partial charge in [0.2, 0.25) is 0 Å². The number of hydrogen-bond donors (Lipinski definition) is 1. The number of carboxylic acid groups (broad SMARTS) is 1. The fraction of sp³-hybridized carbons (Fsp3) is 0.500. The summed E-state index contributed by atoms with van der Waals surface area (Å²) in [6.45, 7) is 6.49. The van der Waals surface area contributed by atoms with Crippen molar-refractivity contribution in [2.45, 2.75) is 31.2 Å². The molecule has 2 fully saturated rings. The third-order valence-corrected chi connectivity index (χ3v) is 6.87. The number of benzene rings is 2. The van der Waals surface area contributed by atoms with Crippen LogP contribution in [-0.4, -0.2) is 72.9 Å². The molecule has 0 amide bonds. The second-order valence-electron chi connectivity index (χ2n) is 8.83. The van der Waals surface area contributed by atoms with E-state index in [-0.39, 0.29) is 6.42 Å². The molecular weight excluding hydrogens is 388 g/mol. The fourth-order valence-corrected chi connectivity index (χ4v) is 5.28. The molecule has 2 saturated heterocycles. The van der Waals surface area contributed by atoms with Gasteiger partial charge in [-0.1, -0.05) is 60.7 Å². The average Bonchev–Trinajstić information content (AvgIpc) is 2.83. The molecule has 0 bridgehead atoms. The minimum atomic E-state index is -0.690. The second-order valence-corrected chi connectivity index (χ2v) is 8.83. The molecular formula is C26H34N2O3. The van der Waals surface area contributed by atoms with Crippen LogP contribution in [0.5, 0.6) is 0 Å². The normalized spacial score (nSPS) is 23.1. The van der Waals surface area contributed by atoms with Gasteiger partial charge in [-0.3, -0.25) is 9.69 Å². The van der Waals surface area contributed by atoms with Crippen LogP contribution in [0, 0.1) is 5.92 Å². The molecule has 0 unspecified atom stereocenters. The molecule has 2 heterocycles. The average molecular weight is 423 g/mol. The predicted molar refractivity (Wildman–Crippen MR) is 122 cm³/mol. The van der Waals surface area contributed by atoms with Gasteiger partial charge in [0.05, 0.1) is 13.2 Å². The molecule has 0 spiro atoms. The lowest BCUT2D eigenvalue weighted by Crippen LogP contribution is -2.54. The predicted octanol–water partition coefficient (Wildman–Crippen LogP) is 3.71. The summed E-state index contributed by atoms with van der Waals surface area (Å²) >= 11 is 0. The van der Waals surface area contributed by atoms with Gasteiger partial charge in [-0.15, -0.1) is 0 Å². The second kappa shape index (κ2) is 10.9. The highest BCUT2D eigenvalue weighted by atomic mass is 16.5. The fourth-order valence-electron chi connectivity index (χ4n) is 5.28. The number of carboxylic acids is 1. The molecule has 0 aromatic heterocycles. The number of morpholine rings is 1. The molecule has 5 nitrogen and oxygen atoms in total. The van der Waals surface area contributed by atoms with Gasteiger partial charge >= 0.3 is 5.97 Å². The van der Waals surface area contributed by atoms with E-state index in [2.05, 4.69) is 70.5 Å². The smallest absolute Gasteiger partial charge is 0.303 e. The first-order valence-electron chi connectivity index (χ1n) is 11.6. The van der Waals surface area contributed by atoms with Gasteiger partial charge in [0.1, 0.15) is 0 Å². The summed E-state index contributed by atoms with van der Waals surface area (Å²) in [5.41, 5.74) is 2.68. The topological polar surface area (TPSA) is 53.0 Å². The molecule has 166 valence electrons. The zero-order chi connectivity index (χ0) is 21.5. The standard InChI is InChI=1S/C26H34N2O3/c29-26(30)12-11-23-19-27(14-13-25(23)28-15-17-31-18-16-28)20-24(21-7-3-1-4-8-21)22-9-5-2-6-10-22/h1-10,23-25H,11-20H2,(H,29,30)/t23-,25+/m1/s1. The van der Waals surface area contributed by atoms with E-state index in [0.717, 1.165) is 58.8 Å². The van der Waals surface area contributed by atoms with Crippen molar-refractivity contribution in [2.24, 2.45) is 5.92 Å². The van der Waals surface area contributed by atoms with Crippen molar-refractivity contribution in [3.8, 4) is 0 Å². The maximum atomic E-state index is 11.3. The van der Waals surface area contributed by atoms with Crippen LogP contribution >= 0.6 is 0 Å². The van der Waals surface area contributed by atoms with Crippen LogP contribution in [0.2, 0.25) is 0 Å². The van der Waals surface area contributed by atoms with Crippen LogP contribution in [-0.2, 0) is 9.53 Å². The molecule has 5 heteroatoms. The van der Waals surface area contributed by atoms with E-state index < -0.39 is 5.97 Å². The van der Waals surface area contributed by atoms with Crippen molar-refractivity contribution < 1.29 is 14.6 Å². The number of rotatable bonds is 8. The van der Waals surface area contributed by atoms with Crippen molar-refractivity contribution in [3.05, 3.63) is 71.8 Å². The molecule has 2 aromatic rings. The van der Waals surface area contributed by atoms with Gasteiger partial charge in [0, 0.05) is 44.6 Å². The zero-order valence-corrected chi connectivity index (χ0v) is 18.2. The van der Waals surface area contributed by atoms with Crippen molar-refractivity contribution >= 4 is 5.97 Å². The molecule has 2 atom stereocenters. The van der Waals surface area contributed by atoms with E-state index in [1.165, 1.54) is 11.1 Å². The Morgan fingerprint density at radius 3 is 2.16 bits per heavy atom. The van der Waals surface area contributed by atoms with E-state index in [1.807, 2.05) is 0 Å². The molecule has 0 aliphatic carbocycles. The minimum absolute atomic E-state index is 0.250. The first-order chi connectivity index (χ1) is 15.2. The monoisotopic (exact) mass is 422 g/mol. The van der Waals surface area contributed by atoms with Crippen LogP contribution in [0.4, 0.5) is 0 Å². The van der Waals surface area contributed by atoms with Crippen LogP contribution < -0.4 is 0 Å². The lowest BCUT2D eigenvalue weighted by Gasteiger charge is -2.46. The van der Waals surface area contributed by atoms with Gasteiger partial charge in [-0.25, -0.2) is 0 Å². The Hall–Kier alpha value is -2.21. The van der Waals surface area contributed by atoms with Crippen LogP contribution in [0.1, 0.15) is 36.3 Å². The zero-order valence-electron chi connectivity index (χ0n) is 18.2. The molecule has 1 N–H and O–H groups in total. The van der Waals surface area contributed by atoms with Crippen LogP contribution in [0.3, 0.4) is 0 Å². The van der Waals surface area contributed by atoms with E-state index in [9.17, 15) is 9.90 Å². The molecule has 2 aliphatic rings. The molecule has 31 heavy (non-hydrogen) atoms. The summed E-state index contributed by atoms with van der Waals surface area (Å²) in [4.78, 5) is 16.4. The van der Waals surface area contributed by atoms with Crippen molar-refractivity contribution in [3.63, 3.8) is 0 Å². The summed E-state index contributed by atoms with van der Waals surface area (Å²) < 4.78 is 5.55. The summed E-state index contributed by atoms with van der Waals surface area (Å²) in [7, 11) is 0. The van der Waals surface area contributed by atoms with Crippen LogP contribution in [0.15, 0.2) is 60.7 Å². The SMILES string of the molecule is O=C(O)CC[C@@H]1CN(CC(c2ccccc2)c2ccccc2)CC[C@@H]1N1CCOCC1. The van der Waals surface area contributed by atoms with Crippen LogP contribution in [0.25, 0.3) is 0 Å². The third-order valence-electron chi connectivity index (χ3n) is 6.87. The van der Waals surface area contributed by atoms with Gasteiger partial charge in [-0.2, -0.15) is 0 Å². The highest BCUT2D eigenvalue weighted by Crippen LogP contribution is 2.31. The molecule has 4 rings (SSSR count). The summed E-state index contributed by atoms with van der Waals surface area (Å²) in [5.74, 6) is 0.0157. The highest BCUT2D eigenvalue weighted by Gasteiger charge is 2.35. The molecule has 2 aromatic carbocycles. The summed E-state index contributed by atoms with van der Waals surface area (Å²) in [5, 5.41) is 9.30. The van der Waals surface area contributed by atoms with Gasteiger partial charge in [-0.05, 0) is 36.4 Å². The van der Waals surface area contributed by atoms with E-state index in [0.29, 0.717) is 17.9 Å². The maximum Gasteiger partial charge on any atom is 0.303 e. The first kappa shape index (κ1) is 22.0. The summed E-state index contributed by atoms with van der Waals surface area (Å²) in [6.07, 6.45) is 2.09. The number of likely N-dealkylation sites (tertiary alicyclic amines) is 1. The largest absolute Gasteiger partial charge is 0.481 e. The first-order valence-corrected chi connectivity index (χ1v) is 11.6. The highest BCUT2D eigenvalue weighted by molar-refractivity contribution is 5.66. The molecule has 0 saturated carbocycles. The van der Waals surface area contributed by atoms with E-state index in [1.54, 1.807) is 0 Å². The number of nitrogens with zero attached hydrogens (tertiary/aromatic N) is 2. The lowest BCUT2D eigenvalue weighted by molar-refractivity contribution is -0.137. The number of ether oxygens (including phenoxy) is 1. The Morgan fingerprint density at radius 2 is 1.58 bits per heavy atom. The van der Waals surface area contributed by atoms with E-state index >= 15 is 0 Å². The Morgan fingerprint density at radius 1 is 0.968 bits per heavy atom. The van der Waals surface area contributed by atoms with Crippen molar-refractivity contribution in [1.82, 2.24) is 9.80 Å². The Balaban J connectivity index is 1.49. The van der Waals surface area contributed by atoms with E-state index in [4.69, 9.17) is 4.74 Å². The number of piperidine rings is 1. The molecule has 2 aliphatic heterocycles. The lowest BCUT2D eigenvalue weighted by atomic mass is 9.85. The minimum Gasteiger partial charge on any atom is -0.481 e. The Labute approximate surface area is 185 Å². The molecule has 0 radical (unpaired) electrons. The number of hydrogen-bond acceptors (Lipinski definition) is 4. The number of aliphatic carboxylic acids is 1. The van der Waals surface area contributed by atoms with Crippen molar-refractivity contribution in [2.75, 3.05) is 45.9 Å². The van der Waals surface area contributed by atoms with Gasteiger partial charge in [0.15, 0.2) is 0 Å². The quantitative estimate of drug-likeness (QED) is 0.703. The Bertz CT molecular complexity index is 768. The summed E-state index contributed by atoms with van der Waals surface area (Å²) in [6, 6.07) is 22.0. The van der Waals surface area contributed by atoms with Gasteiger partial charge in [0.25, 0.3) is 0 Å². The maximum absolute atomic E-state index is 11.3. The van der Waals surface area contributed by atoms with Gasteiger partial charge < -0.3 is 14.7 Å².